The van der Waals surface area contributed by atoms with Crippen molar-refractivity contribution in [2.24, 2.45) is 5.92 Å². The largest absolute Gasteiger partial charge is 0.450 e. The van der Waals surface area contributed by atoms with Crippen molar-refractivity contribution in [2.75, 3.05) is 29.2 Å². The fraction of sp³-hybridized carbons (Fsp3) is 0.560. The van der Waals surface area contributed by atoms with E-state index >= 15 is 4.39 Å². The zero-order valence-corrected chi connectivity index (χ0v) is 20.8. The smallest absolute Gasteiger partial charge is 0.407 e. The van der Waals surface area contributed by atoms with Crippen molar-refractivity contribution in [3.63, 3.8) is 0 Å². The number of carbonyl (C=O) groups is 2. The van der Waals surface area contributed by atoms with Gasteiger partial charge in [0.2, 0.25) is 5.91 Å². The van der Waals surface area contributed by atoms with Gasteiger partial charge in [-0.05, 0) is 50.7 Å². The molecule has 0 spiro atoms. The van der Waals surface area contributed by atoms with Gasteiger partial charge in [0, 0.05) is 24.0 Å². The molecule has 9 nitrogen and oxygen atoms in total. The average Bonchev–Trinajstić information content (AvgIpc) is 3.46. The van der Waals surface area contributed by atoms with E-state index in [0.29, 0.717) is 29.6 Å². The van der Waals surface area contributed by atoms with Gasteiger partial charge in [-0.15, -0.1) is 0 Å². The molecule has 3 atom stereocenters. The van der Waals surface area contributed by atoms with E-state index in [2.05, 4.69) is 33.1 Å². The van der Waals surface area contributed by atoms with Gasteiger partial charge >= 0.3 is 6.09 Å². The van der Waals surface area contributed by atoms with Crippen LogP contribution in [0.2, 0.25) is 0 Å². The summed E-state index contributed by atoms with van der Waals surface area (Å²) in [6.45, 7) is 6.07. The van der Waals surface area contributed by atoms with Crippen LogP contribution in [-0.2, 0) is 22.4 Å². The van der Waals surface area contributed by atoms with Crippen LogP contribution in [0.15, 0.2) is 12.1 Å². The van der Waals surface area contributed by atoms with Gasteiger partial charge in [-0.3, -0.25) is 9.89 Å². The number of hydrogen-bond donors (Lipinski definition) is 4. The summed E-state index contributed by atoms with van der Waals surface area (Å²) in [5, 5.41) is 16.8. The van der Waals surface area contributed by atoms with E-state index in [9.17, 15) is 9.59 Å². The van der Waals surface area contributed by atoms with Crippen LogP contribution >= 0.6 is 0 Å². The van der Waals surface area contributed by atoms with Crippen LogP contribution in [-0.4, -0.2) is 41.9 Å². The van der Waals surface area contributed by atoms with Crippen LogP contribution < -0.4 is 20.9 Å². The summed E-state index contributed by atoms with van der Waals surface area (Å²) in [5.41, 5.74) is 4.52. The molecule has 10 heteroatoms. The Hall–Kier alpha value is -3.30. The van der Waals surface area contributed by atoms with Crippen molar-refractivity contribution >= 4 is 29.1 Å². The van der Waals surface area contributed by atoms with Crippen molar-refractivity contribution < 1.29 is 18.7 Å². The predicted octanol–water partition coefficient (Wildman–Crippen LogP) is 4.48. The SMILES string of the molecule is CCCCOC(=O)N[C@H](C)C(=O)N(C)c1cc(F)c2c(c1)NC(c1n[nH]c3c1CC(CC)CC3)N2. The number of benzene rings is 1. The molecule has 2 amide bonds. The first-order chi connectivity index (χ1) is 16.8. The molecule has 4 N–H and O–H groups in total. The molecule has 2 aliphatic rings. The molecule has 0 radical (unpaired) electrons. The Morgan fingerprint density at radius 2 is 2.11 bits per heavy atom. The Balaban J connectivity index is 1.45. The number of rotatable bonds is 8. The van der Waals surface area contributed by atoms with Crippen LogP contribution in [0.25, 0.3) is 0 Å². The first kappa shape index (κ1) is 24.8. The molecule has 0 saturated heterocycles. The van der Waals surface area contributed by atoms with Gasteiger partial charge in [-0.25, -0.2) is 9.18 Å². The minimum atomic E-state index is -0.827. The number of alkyl carbamates (subject to hydrolysis) is 1. The van der Waals surface area contributed by atoms with Crippen molar-refractivity contribution in [1.82, 2.24) is 15.5 Å². The number of carbonyl (C=O) groups excluding carboxylic acids is 2. The van der Waals surface area contributed by atoms with Gasteiger partial charge in [-0.1, -0.05) is 26.7 Å². The topological polar surface area (TPSA) is 111 Å². The Bertz CT molecular complexity index is 1090. The second-order valence-corrected chi connectivity index (χ2v) is 9.41. The maximum atomic E-state index is 15.1. The molecule has 35 heavy (non-hydrogen) atoms. The first-order valence-electron chi connectivity index (χ1n) is 12.5. The number of likely N-dealkylation sites (N-methyl/N-ethyl adjacent to an activating group) is 1. The third kappa shape index (κ3) is 5.21. The molecular formula is C25H35FN6O3. The minimum Gasteiger partial charge on any atom is -0.450 e. The average molecular weight is 487 g/mol. The number of aryl methyl sites for hydroxylation is 1. The van der Waals surface area contributed by atoms with Gasteiger partial charge in [0.25, 0.3) is 0 Å². The Labute approximate surface area is 205 Å². The number of aromatic nitrogens is 2. The predicted molar refractivity (Wildman–Crippen MR) is 133 cm³/mol. The number of amides is 2. The third-order valence-electron chi connectivity index (χ3n) is 6.95. The lowest BCUT2D eigenvalue weighted by atomic mass is 9.84. The fourth-order valence-corrected chi connectivity index (χ4v) is 4.70. The van der Waals surface area contributed by atoms with Crippen molar-refractivity contribution in [2.45, 2.75) is 71.5 Å². The molecule has 2 heterocycles. The van der Waals surface area contributed by atoms with E-state index in [-0.39, 0.29) is 12.1 Å². The number of unbranched alkanes of at least 4 members (excludes halogenated alkanes) is 1. The summed E-state index contributed by atoms with van der Waals surface area (Å²) < 4.78 is 20.1. The Morgan fingerprint density at radius 1 is 1.31 bits per heavy atom. The summed E-state index contributed by atoms with van der Waals surface area (Å²) in [6.07, 6.45) is 4.87. The standard InChI is InChI=1S/C25H35FN6O3/c1-5-7-10-35-25(34)27-14(3)24(33)32(4)16-12-18(26)22-20(13-16)28-23(29-22)21-17-11-15(6-2)8-9-19(17)30-31-21/h12-15,23,28-29H,5-11H2,1-4H3,(H,27,34)(H,30,31)/t14-,15?,23?/m1/s1. The lowest BCUT2D eigenvalue weighted by molar-refractivity contribution is -0.119. The van der Waals surface area contributed by atoms with Gasteiger partial charge in [0.15, 0.2) is 5.82 Å². The van der Waals surface area contributed by atoms with Gasteiger partial charge in [-0.2, -0.15) is 5.10 Å². The molecule has 1 aliphatic heterocycles. The lowest BCUT2D eigenvalue weighted by Gasteiger charge is -2.23. The van der Waals surface area contributed by atoms with Crippen LogP contribution in [0.1, 0.15) is 69.6 Å². The zero-order valence-electron chi connectivity index (χ0n) is 20.8. The third-order valence-corrected chi connectivity index (χ3v) is 6.95. The molecule has 2 unspecified atom stereocenters. The van der Waals surface area contributed by atoms with Crippen molar-refractivity contribution in [3.8, 4) is 0 Å². The number of anilines is 3. The Kier molecular flexibility index (Phi) is 7.47. The highest BCUT2D eigenvalue weighted by molar-refractivity contribution is 5.99. The Morgan fingerprint density at radius 3 is 2.86 bits per heavy atom. The number of H-pyrrole nitrogens is 1. The summed E-state index contributed by atoms with van der Waals surface area (Å²) in [7, 11) is 1.55. The number of nitrogens with zero attached hydrogens (tertiary/aromatic N) is 2. The quantitative estimate of drug-likeness (QED) is 0.410. The van der Waals surface area contributed by atoms with Gasteiger partial charge < -0.3 is 25.6 Å². The summed E-state index contributed by atoms with van der Waals surface area (Å²) >= 11 is 0. The molecule has 190 valence electrons. The monoisotopic (exact) mass is 486 g/mol. The number of halogens is 1. The lowest BCUT2D eigenvalue weighted by Crippen LogP contribution is -2.46. The number of nitrogens with one attached hydrogen (secondary N) is 4. The summed E-state index contributed by atoms with van der Waals surface area (Å²) in [6, 6.07) is 2.21. The van der Waals surface area contributed by atoms with Crippen LogP contribution in [0.4, 0.5) is 26.2 Å². The number of hydrogen-bond acceptors (Lipinski definition) is 6. The highest BCUT2D eigenvalue weighted by Gasteiger charge is 2.32. The maximum Gasteiger partial charge on any atom is 0.407 e. The minimum absolute atomic E-state index is 0.299. The normalized spacial score (nSPS) is 19.1. The summed E-state index contributed by atoms with van der Waals surface area (Å²) in [4.78, 5) is 26.1. The van der Waals surface area contributed by atoms with E-state index in [1.54, 1.807) is 20.0 Å². The number of fused-ring (bicyclic) bond motifs is 2. The van der Waals surface area contributed by atoms with E-state index in [1.807, 2.05) is 6.92 Å². The van der Waals surface area contributed by atoms with Crippen molar-refractivity contribution in [1.29, 1.82) is 0 Å². The molecule has 1 aromatic carbocycles. The van der Waals surface area contributed by atoms with E-state index < -0.39 is 18.0 Å². The molecule has 1 aliphatic carbocycles. The summed E-state index contributed by atoms with van der Waals surface area (Å²) in [5.74, 6) is -0.223. The fourth-order valence-electron chi connectivity index (χ4n) is 4.70. The van der Waals surface area contributed by atoms with Gasteiger partial charge in [0.05, 0.1) is 18.0 Å². The number of ether oxygens (including phenoxy) is 1. The van der Waals surface area contributed by atoms with Crippen LogP contribution in [0.5, 0.6) is 0 Å². The highest BCUT2D eigenvalue weighted by atomic mass is 19.1. The van der Waals surface area contributed by atoms with Gasteiger partial charge in [0.1, 0.15) is 17.9 Å². The zero-order chi connectivity index (χ0) is 25.1. The second kappa shape index (κ2) is 10.5. The van der Waals surface area contributed by atoms with Crippen LogP contribution in [0.3, 0.4) is 0 Å². The molecule has 1 aromatic heterocycles. The molecule has 0 saturated carbocycles. The van der Waals surface area contributed by atoms with E-state index in [0.717, 1.165) is 49.9 Å². The maximum absolute atomic E-state index is 15.1. The van der Waals surface area contributed by atoms with Crippen molar-refractivity contribution in [3.05, 3.63) is 34.9 Å². The molecule has 2 aromatic rings. The van der Waals surface area contributed by atoms with E-state index in [4.69, 9.17) is 4.74 Å². The molecular weight excluding hydrogens is 451 g/mol. The molecule has 0 bridgehead atoms. The molecule has 0 fully saturated rings. The highest BCUT2D eigenvalue weighted by Crippen LogP contribution is 2.41. The first-order valence-corrected chi connectivity index (χ1v) is 12.5. The molecule has 4 rings (SSSR count). The second-order valence-electron chi connectivity index (χ2n) is 9.41. The van der Waals surface area contributed by atoms with E-state index in [1.165, 1.54) is 16.5 Å². The van der Waals surface area contributed by atoms with Crippen LogP contribution in [0, 0.1) is 11.7 Å². The number of aromatic amines is 1.